The van der Waals surface area contributed by atoms with Crippen molar-refractivity contribution in [3.8, 4) is 0 Å². The summed E-state index contributed by atoms with van der Waals surface area (Å²) in [6.07, 6.45) is 10.5. The molecule has 0 radical (unpaired) electrons. The van der Waals surface area contributed by atoms with E-state index < -0.39 is 0 Å². The van der Waals surface area contributed by atoms with Gasteiger partial charge in [-0.2, -0.15) is 0 Å². The molecule has 2 heteroatoms. The molecule has 0 aromatic carbocycles. The summed E-state index contributed by atoms with van der Waals surface area (Å²) in [5.74, 6) is 0.802. The monoisotopic (exact) mass is 264 g/mol. The van der Waals surface area contributed by atoms with Crippen LogP contribution < -0.4 is 0 Å². The predicted molar refractivity (Wildman–Crippen MR) is 76.9 cm³/mol. The molecule has 0 amide bonds. The summed E-state index contributed by atoms with van der Waals surface area (Å²) >= 11 is 0. The van der Waals surface area contributed by atoms with Crippen LogP contribution in [0, 0.1) is 17.3 Å². The lowest BCUT2D eigenvalue weighted by Crippen LogP contribution is -2.41. The number of hydrogen-bond donors (Lipinski definition) is 0. The van der Waals surface area contributed by atoms with E-state index in [2.05, 4.69) is 26.8 Å². The number of allylic oxidation sites excluding steroid dienone is 1. The van der Waals surface area contributed by atoms with Gasteiger partial charge in [-0.3, -0.25) is 0 Å². The molecule has 0 aromatic rings. The van der Waals surface area contributed by atoms with Gasteiger partial charge >= 0.3 is 0 Å². The van der Waals surface area contributed by atoms with E-state index in [9.17, 15) is 0 Å². The molecule has 3 aliphatic rings. The highest BCUT2D eigenvalue weighted by atomic mass is 16.7. The van der Waals surface area contributed by atoms with E-state index in [1.807, 2.05) is 0 Å². The van der Waals surface area contributed by atoms with Gasteiger partial charge in [0.15, 0.2) is 5.79 Å². The van der Waals surface area contributed by atoms with Crippen LogP contribution in [-0.2, 0) is 9.47 Å². The summed E-state index contributed by atoms with van der Waals surface area (Å²) in [6.45, 7) is 8.40. The summed E-state index contributed by atoms with van der Waals surface area (Å²) in [5, 5.41) is 0. The molecule has 2 nitrogen and oxygen atoms in total. The van der Waals surface area contributed by atoms with Crippen molar-refractivity contribution in [2.24, 2.45) is 17.3 Å². The van der Waals surface area contributed by atoms with Crippen molar-refractivity contribution >= 4 is 0 Å². The predicted octanol–water partition coefficient (Wildman–Crippen LogP) is 4.30. The highest BCUT2D eigenvalue weighted by molar-refractivity contribution is 5.25. The van der Waals surface area contributed by atoms with E-state index in [0.29, 0.717) is 11.8 Å². The lowest BCUT2D eigenvalue weighted by molar-refractivity contribution is -0.254. The Kier molecular flexibility index (Phi) is 3.51. The summed E-state index contributed by atoms with van der Waals surface area (Å²) in [7, 11) is 0. The molecule has 1 spiro atoms. The van der Waals surface area contributed by atoms with Gasteiger partial charge in [0.05, 0.1) is 13.2 Å². The lowest BCUT2D eigenvalue weighted by atomic mass is 9.94. The molecule has 0 aromatic heterocycles. The molecule has 2 unspecified atom stereocenters. The van der Waals surface area contributed by atoms with Crippen LogP contribution in [0.5, 0.6) is 0 Å². The van der Waals surface area contributed by atoms with Gasteiger partial charge in [-0.25, -0.2) is 0 Å². The first-order valence-electron chi connectivity index (χ1n) is 8.02. The van der Waals surface area contributed by atoms with Crippen molar-refractivity contribution in [3.05, 3.63) is 11.6 Å². The first-order valence-corrected chi connectivity index (χ1v) is 8.02. The molecule has 2 fully saturated rings. The van der Waals surface area contributed by atoms with E-state index in [1.54, 1.807) is 5.57 Å². The van der Waals surface area contributed by atoms with Crippen LogP contribution in [0.15, 0.2) is 11.6 Å². The van der Waals surface area contributed by atoms with Crippen molar-refractivity contribution in [3.63, 3.8) is 0 Å². The van der Waals surface area contributed by atoms with Crippen molar-refractivity contribution in [1.82, 2.24) is 0 Å². The third-order valence-corrected chi connectivity index (χ3v) is 5.06. The fraction of sp³-hybridized carbons (Fsp3) is 0.882. The average Bonchev–Trinajstić information content (AvgIpc) is 2.89. The van der Waals surface area contributed by atoms with Crippen LogP contribution >= 0.6 is 0 Å². The van der Waals surface area contributed by atoms with Crippen molar-refractivity contribution in [2.45, 2.75) is 65.1 Å². The fourth-order valence-corrected chi connectivity index (χ4v) is 3.72. The minimum Gasteiger partial charge on any atom is -0.348 e. The van der Waals surface area contributed by atoms with Crippen LogP contribution in [-0.4, -0.2) is 19.0 Å². The van der Waals surface area contributed by atoms with Crippen LogP contribution in [0.25, 0.3) is 0 Å². The maximum atomic E-state index is 6.18. The smallest absolute Gasteiger partial charge is 0.178 e. The summed E-state index contributed by atoms with van der Waals surface area (Å²) in [5.41, 5.74) is 1.79. The molecule has 1 saturated carbocycles. The molecule has 2 aliphatic carbocycles. The molecule has 108 valence electrons. The largest absolute Gasteiger partial charge is 0.348 e. The Morgan fingerprint density at radius 3 is 2.47 bits per heavy atom. The Hall–Kier alpha value is -0.340. The van der Waals surface area contributed by atoms with Crippen LogP contribution in [0.2, 0.25) is 0 Å². The Morgan fingerprint density at radius 2 is 1.74 bits per heavy atom. The zero-order valence-corrected chi connectivity index (χ0v) is 12.7. The third kappa shape index (κ3) is 2.50. The number of hydrogen-bond acceptors (Lipinski definition) is 2. The van der Waals surface area contributed by atoms with E-state index in [1.165, 1.54) is 38.5 Å². The molecule has 0 bridgehead atoms. The molecule has 1 aliphatic heterocycles. The average molecular weight is 264 g/mol. The molecule has 1 heterocycles. The second-order valence-corrected chi connectivity index (χ2v) is 7.46. The first kappa shape index (κ1) is 13.6. The summed E-state index contributed by atoms with van der Waals surface area (Å²) < 4.78 is 12.4. The third-order valence-electron chi connectivity index (χ3n) is 5.06. The molecular formula is C17H28O2. The highest BCUT2D eigenvalue weighted by Gasteiger charge is 2.68. The Balaban J connectivity index is 1.69. The van der Waals surface area contributed by atoms with Gasteiger partial charge in [0.1, 0.15) is 0 Å². The van der Waals surface area contributed by atoms with Gasteiger partial charge < -0.3 is 9.47 Å². The summed E-state index contributed by atoms with van der Waals surface area (Å²) in [6, 6.07) is 0. The first-order chi connectivity index (χ1) is 9.05. The molecule has 0 N–H and O–H groups in total. The van der Waals surface area contributed by atoms with Crippen LogP contribution in [0.3, 0.4) is 0 Å². The molecular weight excluding hydrogens is 236 g/mol. The van der Waals surface area contributed by atoms with Crippen LogP contribution in [0.4, 0.5) is 0 Å². The van der Waals surface area contributed by atoms with Crippen molar-refractivity contribution in [2.75, 3.05) is 13.2 Å². The number of rotatable bonds is 1. The second kappa shape index (κ2) is 4.89. The maximum absolute atomic E-state index is 6.18. The minimum absolute atomic E-state index is 0.174. The number of ether oxygens (including phenoxy) is 2. The van der Waals surface area contributed by atoms with Gasteiger partial charge in [-0.05, 0) is 25.7 Å². The van der Waals surface area contributed by atoms with Gasteiger partial charge in [0.25, 0.3) is 0 Å². The Morgan fingerprint density at radius 1 is 1.05 bits per heavy atom. The zero-order chi connectivity index (χ0) is 13.5. The Labute approximate surface area is 117 Å². The molecule has 1 saturated heterocycles. The Bertz CT molecular complexity index is 359. The maximum Gasteiger partial charge on any atom is 0.178 e. The standard InChI is InChI=1S/C17H28O2/c1-13-15(14-9-7-5-4-6-8-10-14)17(13)18-11-16(2,3)12-19-17/h9,13,15H,4-8,10-12H2,1-3H3. The molecule has 19 heavy (non-hydrogen) atoms. The van der Waals surface area contributed by atoms with Gasteiger partial charge in [0.2, 0.25) is 0 Å². The zero-order valence-electron chi connectivity index (χ0n) is 12.7. The van der Waals surface area contributed by atoms with E-state index in [0.717, 1.165) is 13.2 Å². The van der Waals surface area contributed by atoms with E-state index in [-0.39, 0.29) is 11.2 Å². The fourth-order valence-electron chi connectivity index (χ4n) is 3.72. The van der Waals surface area contributed by atoms with Crippen molar-refractivity contribution in [1.29, 1.82) is 0 Å². The van der Waals surface area contributed by atoms with Crippen molar-refractivity contribution < 1.29 is 9.47 Å². The minimum atomic E-state index is -0.263. The van der Waals surface area contributed by atoms with E-state index in [4.69, 9.17) is 9.47 Å². The van der Waals surface area contributed by atoms with Gasteiger partial charge in [-0.15, -0.1) is 0 Å². The quantitative estimate of drug-likeness (QED) is 0.657. The van der Waals surface area contributed by atoms with Gasteiger partial charge in [0, 0.05) is 17.3 Å². The SMILES string of the molecule is CC1C(C2=CCCCCCC2)C12OCC(C)(C)CO2. The normalized spacial score (nSPS) is 37.3. The van der Waals surface area contributed by atoms with Crippen LogP contribution in [0.1, 0.15) is 59.3 Å². The topological polar surface area (TPSA) is 18.5 Å². The van der Waals surface area contributed by atoms with E-state index >= 15 is 0 Å². The second-order valence-electron chi connectivity index (χ2n) is 7.46. The lowest BCUT2D eigenvalue weighted by Gasteiger charge is -2.36. The summed E-state index contributed by atoms with van der Waals surface area (Å²) in [4.78, 5) is 0. The van der Waals surface area contributed by atoms with Gasteiger partial charge in [-0.1, -0.05) is 45.3 Å². The molecule has 2 atom stereocenters. The highest BCUT2D eigenvalue weighted by Crippen LogP contribution is 2.61. The molecule has 3 rings (SSSR count).